The number of para-hydroxylation sites is 1. The van der Waals surface area contributed by atoms with Gasteiger partial charge in [-0.25, -0.2) is 4.79 Å². The van der Waals surface area contributed by atoms with Crippen molar-refractivity contribution < 1.29 is 4.42 Å². The Hall–Kier alpha value is -2.30. The first-order valence-corrected chi connectivity index (χ1v) is 9.65. The quantitative estimate of drug-likeness (QED) is 0.630. The van der Waals surface area contributed by atoms with Gasteiger partial charge in [-0.2, -0.15) is 0 Å². The second-order valence-electron chi connectivity index (χ2n) is 7.20. The molecule has 4 nitrogen and oxygen atoms in total. The average Bonchev–Trinajstić information content (AvgIpc) is 2.67. The molecule has 2 heterocycles. The number of rotatable bonds is 3. The number of hydrogen-bond donors (Lipinski definition) is 0. The van der Waals surface area contributed by atoms with E-state index in [1.54, 1.807) is 6.07 Å². The number of anilines is 1. The fourth-order valence-electron chi connectivity index (χ4n) is 3.92. The number of hydrogen-bond acceptors (Lipinski definition) is 4. The van der Waals surface area contributed by atoms with Gasteiger partial charge in [0.15, 0.2) is 0 Å². The molecular weight excluding hydrogens is 360 g/mol. The van der Waals surface area contributed by atoms with Crippen LogP contribution in [0.1, 0.15) is 16.7 Å². The van der Waals surface area contributed by atoms with Crippen LogP contribution in [0.5, 0.6) is 0 Å². The summed E-state index contributed by atoms with van der Waals surface area (Å²) >= 11 is 6.46. The molecule has 0 radical (unpaired) electrons. The van der Waals surface area contributed by atoms with E-state index in [4.69, 9.17) is 16.0 Å². The average molecular weight is 383 g/mol. The molecule has 1 aliphatic heterocycles. The zero-order chi connectivity index (χ0) is 19.0. The predicted molar refractivity (Wildman–Crippen MR) is 111 cm³/mol. The third kappa shape index (κ3) is 3.60. The van der Waals surface area contributed by atoms with E-state index in [9.17, 15) is 4.79 Å². The molecule has 3 aromatic rings. The number of nitrogens with zero attached hydrogens (tertiary/aromatic N) is 2. The van der Waals surface area contributed by atoms with E-state index in [-0.39, 0.29) is 5.63 Å². The smallest absolute Gasteiger partial charge is 0.336 e. The lowest BCUT2D eigenvalue weighted by Gasteiger charge is -2.36. The monoisotopic (exact) mass is 382 g/mol. The lowest BCUT2D eigenvalue weighted by molar-refractivity contribution is 0.250. The molecule has 1 aromatic heterocycles. The van der Waals surface area contributed by atoms with Crippen LogP contribution in [0.2, 0.25) is 5.02 Å². The summed E-state index contributed by atoms with van der Waals surface area (Å²) < 4.78 is 5.44. The van der Waals surface area contributed by atoms with Gasteiger partial charge in [0.2, 0.25) is 0 Å². The highest BCUT2D eigenvalue weighted by Crippen LogP contribution is 2.31. The molecule has 0 atom stereocenters. The highest BCUT2D eigenvalue weighted by atomic mass is 35.5. The van der Waals surface area contributed by atoms with Crippen LogP contribution in [0.25, 0.3) is 11.0 Å². The third-order valence-electron chi connectivity index (χ3n) is 5.36. The van der Waals surface area contributed by atoms with Gasteiger partial charge in [0.25, 0.3) is 0 Å². The lowest BCUT2D eigenvalue weighted by atomic mass is 10.0. The molecule has 0 unspecified atom stereocenters. The predicted octanol–water partition coefficient (Wildman–Crippen LogP) is 4.39. The Morgan fingerprint density at radius 3 is 2.44 bits per heavy atom. The van der Waals surface area contributed by atoms with Crippen molar-refractivity contribution >= 4 is 28.3 Å². The summed E-state index contributed by atoms with van der Waals surface area (Å²) in [5.41, 5.74) is 4.49. The molecule has 5 heteroatoms. The Morgan fingerprint density at radius 1 is 1.04 bits per heavy atom. The van der Waals surface area contributed by atoms with E-state index in [1.807, 2.05) is 26.0 Å². The minimum Gasteiger partial charge on any atom is -0.423 e. The second-order valence-corrected chi connectivity index (χ2v) is 7.57. The third-order valence-corrected chi connectivity index (χ3v) is 5.94. The summed E-state index contributed by atoms with van der Waals surface area (Å²) in [7, 11) is 0. The van der Waals surface area contributed by atoms with Crippen molar-refractivity contribution in [1.82, 2.24) is 4.90 Å². The summed E-state index contributed by atoms with van der Waals surface area (Å²) in [6.45, 7) is 8.51. The first-order chi connectivity index (χ1) is 13.0. The first-order valence-electron chi connectivity index (χ1n) is 9.28. The molecule has 0 aliphatic carbocycles. The Morgan fingerprint density at radius 2 is 1.74 bits per heavy atom. The fraction of sp³-hybridized carbons (Fsp3) is 0.318. The van der Waals surface area contributed by atoms with Gasteiger partial charge < -0.3 is 9.32 Å². The summed E-state index contributed by atoms with van der Waals surface area (Å²) in [5, 5.41) is 1.71. The van der Waals surface area contributed by atoms with Crippen molar-refractivity contribution in [2.24, 2.45) is 0 Å². The minimum atomic E-state index is -0.304. The Balaban J connectivity index is 1.58. The maximum absolute atomic E-state index is 12.1. The lowest BCUT2D eigenvalue weighted by Crippen LogP contribution is -2.46. The highest BCUT2D eigenvalue weighted by Gasteiger charge is 2.20. The van der Waals surface area contributed by atoms with Gasteiger partial charge in [-0.05, 0) is 48.7 Å². The molecular formula is C22H23ClN2O2. The van der Waals surface area contributed by atoms with Crippen molar-refractivity contribution in [2.45, 2.75) is 20.4 Å². The minimum absolute atomic E-state index is 0.304. The number of halogens is 1. The van der Waals surface area contributed by atoms with E-state index in [1.165, 1.54) is 5.69 Å². The summed E-state index contributed by atoms with van der Waals surface area (Å²) in [6.07, 6.45) is 0. The standard InChI is InChI=1S/C22H23ClN2O2/c1-15-12-19-21(16(2)22(15)23)17(13-20(26)27-19)14-24-8-10-25(11-9-24)18-6-4-3-5-7-18/h3-7,12-13H,8-11,14H2,1-2H3. The number of aryl methyl sites for hydroxylation is 2. The van der Waals surface area contributed by atoms with Crippen LogP contribution in [0, 0.1) is 13.8 Å². The van der Waals surface area contributed by atoms with Gasteiger partial charge in [-0.15, -0.1) is 0 Å². The number of benzene rings is 2. The largest absolute Gasteiger partial charge is 0.423 e. The molecule has 0 saturated carbocycles. The van der Waals surface area contributed by atoms with Crippen molar-refractivity contribution in [2.75, 3.05) is 31.1 Å². The molecule has 0 bridgehead atoms. The molecule has 0 N–H and O–H groups in total. The molecule has 27 heavy (non-hydrogen) atoms. The van der Waals surface area contributed by atoms with Crippen molar-refractivity contribution in [3.8, 4) is 0 Å². The second kappa shape index (κ2) is 7.37. The van der Waals surface area contributed by atoms with Crippen LogP contribution >= 0.6 is 11.6 Å². The van der Waals surface area contributed by atoms with Crippen LogP contribution in [0.15, 0.2) is 51.7 Å². The van der Waals surface area contributed by atoms with Gasteiger partial charge in [0, 0.05) is 54.9 Å². The molecule has 4 rings (SSSR count). The maximum Gasteiger partial charge on any atom is 0.336 e. The van der Waals surface area contributed by atoms with Crippen molar-refractivity contribution in [1.29, 1.82) is 0 Å². The normalized spacial score (nSPS) is 15.4. The van der Waals surface area contributed by atoms with E-state index in [0.717, 1.165) is 59.8 Å². The van der Waals surface area contributed by atoms with Crippen LogP contribution in [0.3, 0.4) is 0 Å². The SMILES string of the molecule is Cc1cc2oc(=O)cc(CN3CCN(c4ccccc4)CC3)c2c(C)c1Cl. The van der Waals surface area contributed by atoms with Crippen LogP contribution in [0.4, 0.5) is 5.69 Å². The molecule has 0 spiro atoms. The molecule has 1 saturated heterocycles. The van der Waals surface area contributed by atoms with Crippen molar-refractivity contribution in [3.05, 3.63) is 74.6 Å². The molecule has 1 fully saturated rings. The fourth-order valence-corrected chi connectivity index (χ4v) is 4.07. The zero-order valence-corrected chi connectivity index (χ0v) is 16.4. The van der Waals surface area contributed by atoms with E-state index < -0.39 is 0 Å². The zero-order valence-electron chi connectivity index (χ0n) is 15.7. The summed E-state index contributed by atoms with van der Waals surface area (Å²) in [4.78, 5) is 16.9. The topological polar surface area (TPSA) is 36.7 Å². The van der Waals surface area contributed by atoms with Crippen LogP contribution < -0.4 is 10.5 Å². The Labute approximate surface area is 164 Å². The number of fused-ring (bicyclic) bond motifs is 1. The maximum atomic E-state index is 12.1. The van der Waals surface area contributed by atoms with Crippen molar-refractivity contribution in [3.63, 3.8) is 0 Å². The Bertz CT molecular complexity index is 1020. The highest BCUT2D eigenvalue weighted by molar-refractivity contribution is 6.33. The molecule has 2 aromatic carbocycles. The van der Waals surface area contributed by atoms with Gasteiger partial charge in [0.1, 0.15) is 5.58 Å². The molecule has 0 amide bonds. The first kappa shape index (κ1) is 18.1. The molecule has 1 aliphatic rings. The van der Waals surface area contributed by atoms with Gasteiger partial charge in [0.05, 0.1) is 0 Å². The number of piperazine rings is 1. The van der Waals surface area contributed by atoms with Crippen LogP contribution in [-0.4, -0.2) is 31.1 Å². The van der Waals surface area contributed by atoms with Gasteiger partial charge >= 0.3 is 5.63 Å². The van der Waals surface area contributed by atoms with E-state index >= 15 is 0 Å². The summed E-state index contributed by atoms with van der Waals surface area (Å²) in [5.74, 6) is 0. The van der Waals surface area contributed by atoms with Gasteiger partial charge in [-0.3, -0.25) is 4.90 Å². The van der Waals surface area contributed by atoms with E-state index in [0.29, 0.717) is 5.58 Å². The van der Waals surface area contributed by atoms with Crippen LogP contribution in [-0.2, 0) is 6.54 Å². The summed E-state index contributed by atoms with van der Waals surface area (Å²) in [6, 6.07) is 14.0. The molecule has 140 valence electrons. The van der Waals surface area contributed by atoms with E-state index in [2.05, 4.69) is 34.1 Å². The Kier molecular flexibility index (Phi) is 4.94. The van der Waals surface area contributed by atoms with Gasteiger partial charge in [-0.1, -0.05) is 29.8 Å².